The number of H-pyrrole nitrogens is 1. The van der Waals surface area contributed by atoms with Crippen molar-refractivity contribution in [1.82, 2.24) is 20.5 Å². The average Bonchev–Trinajstić information content (AvgIpc) is 3.38. The number of ether oxygens (including phenoxy) is 1. The number of nitrogens with zero attached hydrogens (tertiary/aromatic N) is 3. The van der Waals surface area contributed by atoms with Crippen LogP contribution in [0.4, 0.5) is 5.69 Å². The molecule has 4 rings (SSSR count). The summed E-state index contributed by atoms with van der Waals surface area (Å²) in [5.41, 5.74) is 2.72. The van der Waals surface area contributed by atoms with Crippen LogP contribution in [0.3, 0.4) is 0 Å². The van der Waals surface area contributed by atoms with Crippen LogP contribution in [-0.2, 0) is 14.3 Å². The molecule has 1 aromatic heterocycles. The fourth-order valence-electron chi connectivity index (χ4n) is 3.44. The van der Waals surface area contributed by atoms with Crippen molar-refractivity contribution in [1.29, 1.82) is 0 Å². The quantitative estimate of drug-likeness (QED) is 0.666. The highest BCUT2D eigenvalue weighted by molar-refractivity contribution is 9.14. The minimum Gasteiger partial charge on any atom is -0.370 e. The molecule has 2 atom stereocenters. The third-order valence-electron chi connectivity index (χ3n) is 5.04. The Bertz CT molecular complexity index is 1010. The predicted octanol–water partition coefficient (Wildman–Crippen LogP) is 3.06. The van der Waals surface area contributed by atoms with Gasteiger partial charge in [0.15, 0.2) is 11.6 Å². The molecule has 30 heavy (non-hydrogen) atoms. The van der Waals surface area contributed by atoms with E-state index in [1.54, 1.807) is 4.90 Å². The number of rotatable bonds is 5. The Morgan fingerprint density at radius 3 is 3.00 bits per heavy atom. The molecule has 2 aromatic rings. The van der Waals surface area contributed by atoms with Gasteiger partial charge in [-0.15, -0.1) is 11.8 Å². The van der Waals surface area contributed by atoms with E-state index in [0.717, 1.165) is 20.6 Å². The number of aromatic nitrogens is 3. The maximum atomic E-state index is 12.4. The normalized spacial score (nSPS) is 20.2. The summed E-state index contributed by atoms with van der Waals surface area (Å²) in [6, 6.07) is 5.50. The van der Waals surface area contributed by atoms with Crippen LogP contribution >= 0.6 is 27.7 Å². The van der Waals surface area contributed by atoms with Gasteiger partial charge in [-0.05, 0) is 60.0 Å². The van der Waals surface area contributed by atoms with E-state index in [1.165, 1.54) is 11.8 Å². The number of nitrogens with one attached hydrogen (secondary N) is 2. The topological polar surface area (TPSA) is 100 Å². The number of morpholine rings is 1. The highest BCUT2D eigenvalue weighted by Gasteiger charge is 2.26. The van der Waals surface area contributed by atoms with Gasteiger partial charge in [0.05, 0.1) is 17.9 Å². The van der Waals surface area contributed by atoms with E-state index in [9.17, 15) is 9.59 Å². The molecular weight excluding hydrogens is 470 g/mol. The monoisotopic (exact) mass is 491 g/mol. The lowest BCUT2D eigenvalue weighted by Gasteiger charge is -2.28. The molecule has 2 unspecified atom stereocenters. The molecule has 0 aliphatic carbocycles. The van der Waals surface area contributed by atoms with Gasteiger partial charge < -0.3 is 15.0 Å². The highest BCUT2D eigenvalue weighted by Crippen LogP contribution is 2.36. The summed E-state index contributed by atoms with van der Waals surface area (Å²) >= 11 is 4.92. The Morgan fingerprint density at radius 2 is 2.30 bits per heavy atom. The minimum atomic E-state index is -0.311. The lowest BCUT2D eigenvalue weighted by molar-refractivity contribution is -0.125. The highest BCUT2D eigenvalue weighted by atomic mass is 79.9. The SMILES string of the molecule is Cc1cc(-c2nc(C(C)NC(=O)C3CC=C(Br)S3)n[nH]2)ccc1N1CCOCC1=O. The second kappa shape index (κ2) is 8.91. The number of aryl methyl sites for hydroxylation is 1. The van der Waals surface area contributed by atoms with Gasteiger partial charge in [-0.2, -0.15) is 5.10 Å². The molecule has 2 aliphatic rings. The Balaban J connectivity index is 1.45. The second-order valence-corrected chi connectivity index (χ2v) is 9.85. The number of hydrogen-bond acceptors (Lipinski definition) is 6. The summed E-state index contributed by atoms with van der Waals surface area (Å²) < 4.78 is 6.20. The fraction of sp³-hybridized carbons (Fsp3) is 0.400. The second-order valence-electron chi connectivity index (χ2n) is 7.22. The molecule has 0 spiro atoms. The molecule has 1 saturated heterocycles. The molecule has 2 aliphatic heterocycles. The van der Waals surface area contributed by atoms with E-state index in [-0.39, 0.29) is 29.7 Å². The maximum absolute atomic E-state index is 12.4. The van der Waals surface area contributed by atoms with E-state index in [0.29, 0.717) is 31.2 Å². The molecular formula is C20H22BrN5O3S. The molecule has 1 aromatic carbocycles. The Kier molecular flexibility index (Phi) is 6.26. The van der Waals surface area contributed by atoms with Crippen LogP contribution in [0, 0.1) is 6.92 Å². The average molecular weight is 492 g/mol. The molecule has 10 heteroatoms. The first-order valence-electron chi connectivity index (χ1n) is 9.66. The Morgan fingerprint density at radius 1 is 1.47 bits per heavy atom. The molecule has 0 radical (unpaired) electrons. The predicted molar refractivity (Wildman–Crippen MR) is 119 cm³/mol. The van der Waals surface area contributed by atoms with Crippen molar-refractivity contribution in [3.8, 4) is 11.4 Å². The zero-order valence-corrected chi connectivity index (χ0v) is 19.0. The van der Waals surface area contributed by atoms with Crippen molar-refractivity contribution in [2.75, 3.05) is 24.7 Å². The number of hydrogen-bond donors (Lipinski definition) is 2. The standard InChI is InChI=1S/C20H22BrN5O3S/c1-11-9-13(3-4-14(11)26-7-8-29-10-17(26)27)19-23-18(24-25-19)12(2)22-20(28)15-5-6-16(21)30-15/h3-4,6,9,12,15H,5,7-8,10H2,1-2H3,(H,22,28)(H,23,24,25). The summed E-state index contributed by atoms with van der Waals surface area (Å²) in [6.45, 7) is 5.03. The van der Waals surface area contributed by atoms with E-state index >= 15 is 0 Å². The Hall–Kier alpha value is -2.17. The van der Waals surface area contributed by atoms with Crippen molar-refractivity contribution >= 4 is 45.2 Å². The number of benzene rings is 1. The van der Waals surface area contributed by atoms with Crippen LogP contribution in [0.15, 0.2) is 28.1 Å². The molecule has 3 heterocycles. The van der Waals surface area contributed by atoms with Crippen LogP contribution in [0.1, 0.15) is 30.8 Å². The van der Waals surface area contributed by atoms with Gasteiger partial charge in [0, 0.05) is 21.6 Å². The smallest absolute Gasteiger partial charge is 0.253 e. The number of thioether (sulfide) groups is 1. The van der Waals surface area contributed by atoms with Gasteiger partial charge in [-0.25, -0.2) is 4.98 Å². The minimum absolute atomic E-state index is 0.0278. The van der Waals surface area contributed by atoms with Gasteiger partial charge in [0.25, 0.3) is 5.91 Å². The first-order valence-corrected chi connectivity index (χ1v) is 11.3. The van der Waals surface area contributed by atoms with E-state index < -0.39 is 0 Å². The zero-order chi connectivity index (χ0) is 21.3. The number of anilines is 1. The van der Waals surface area contributed by atoms with Gasteiger partial charge in [-0.1, -0.05) is 6.08 Å². The molecule has 8 nitrogen and oxygen atoms in total. The van der Waals surface area contributed by atoms with Gasteiger partial charge in [0.2, 0.25) is 5.91 Å². The lowest BCUT2D eigenvalue weighted by atomic mass is 10.1. The van der Waals surface area contributed by atoms with Crippen molar-refractivity contribution < 1.29 is 14.3 Å². The van der Waals surface area contributed by atoms with Gasteiger partial charge >= 0.3 is 0 Å². The summed E-state index contributed by atoms with van der Waals surface area (Å²) in [4.78, 5) is 30.8. The molecule has 2 amide bonds. The number of carbonyl (C=O) groups excluding carboxylic acids is 2. The van der Waals surface area contributed by atoms with Crippen molar-refractivity contribution in [3.05, 3.63) is 39.5 Å². The first kappa shape index (κ1) is 21.1. The number of allylic oxidation sites excluding steroid dienone is 1. The maximum Gasteiger partial charge on any atom is 0.253 e. The third kappa shape index (κ3) is 4.45. The van der Waals surface area contributed by atoms with Gasteiger partial charge in [-0.3, -0.25) is 14.7 Å². The largest absolute Gasteiger partial charge is 0.370 e. The number of carbonyl (C=O) groups is 2. The first-order chi connectivity index (χ1) is 14.4. The van der Waals surface area contributed by atoms with E-state index in [2.05, 4.69) is 36.4 Å². The molecule has 0 bridgehead atoms. The number of halogens is 1. The van der Waals surface area contributed by atoms with Crippen LogP contribution in [0.2, 0.25) is 0 Å². The third-order valence-corrected chi connectivity index (χ3v) is 7.00. The summed E-state index contributed by atoms with van der Waals surface area (Å²) in [5, 5.41) is 10.1. The van der Waals surface area contributed by atoms with Gasteiger partial charge in [0.1, 0.15) is 6.61 Å². The molecule has 158 valence electrons. The van der Waals surface area contributed by atoms with Crippen LogP contribution in [0.25, 0.3) is 11.4 Å². The van der Waals surface area contributed by atoms with E-state index in [1.807, 2.05) is 38.1 Å². The summed E-state index contributed by atoms with van der Waals surface area (Å²) in [7, 11) is 0. The van der Waals surface area contributed by atoms with E-state index in [4.69, 9.17) is 4.74 Å². The number of amides is 2. The van der Waals surface area contributed by atoms with Crippen molar-refractivity contribution in [2.24, 2.45) is 0 Å². The molecule has 2 N–H and O–H groups in total. The van der Waals surface area contributed by atoms with Crippen LogP contribution in [0.5, 0.6) is 0 Å². The van der Waals surface area contributed by atoms with Crippen molar-refractivity contribution in [3.63, 3.8) is 0 Å². The number of aromatic amines is 1. The Labute approximate surface area is 187 Å². The van der Waals surface area contributed by atoms with Crippen LogP contribution < -0.4 is 10.2 Å². The molecule has 1 fully saturated rings. The zero-order valence-electron chi connectivity index (χ0n) is 16.6. The van der Waals surface area contributed by atoms with Crippen molar-refractivity contribution in [2.45, 2.75) is 31.6 Å². The summed E-state index contributed by atoms with van der Waals surface area (Å²) in [5.74, 6) is 1.08. The fourth-order valence-corrected chi connectivity index (χ4v) is 5.13. The summed E-state index contributed by atoms with van der Waals surface area (Å²) in [6.07, 6.45) is 2.71. The molecule has 0 saturated carbocycles. The van der Waals surface area contributed by atoms with Crippen LogP contribution in [-0.4, -0.2) is 52.0 Å². The lowest BCUT2D eigenvalue weighted by Crippen LogP contribution is -2.42.